The van der Waals surface area contributed by atoms with Crippen LogP contribution in [0.25, 0.3) is 0 Å². The van der Waals surface area contributed by atoms with Gasteiger partial charge in [0.25, 0.3) is 5.91 Å². The van der Waals surface area contributed by atoms with Crippen molar-refractivity contribution in [2.24, 2.45) is 5.92 Å². The zero-order valence-corrected chi connectivity index (χ0v) is 11.5. The largest absolute Gasteiger partial charge is 0.454 e. The maximum absolute atomic E-state index is 12.1. The Balaban J connectivity index is 2.02. The Labute approximate surface area is 117 Å². The van der Waals surface area contributed by atoms with E-state index in [9.17, 15) is 4.79 Å². The molecule has 6 heteroatoms. The number of aliphatic hydroxyl groups is 1. The standard InChI is InChI=1S/C14H20N2O4/c1-2-9(3-4-17)7-16-14(18)10-5-12-13(6-11(10)15)20-8-19-12/h5-6,9,17H,2-4,7-8,15H2,1H3,(H,16,18). The predicted octanol–water partition coefficient (Wildman–Crippen LogP) is 1.14. The van der Waals surface area contributed by atoms with Crippen molar-refractivity contribution < 1.29 is 19.4 Å². The van der Waals surface area contributed by atoms with Gasteiger partial charge in [0.1, 0.15) is 0 Å². The first-order chi connectivity index (χ1) is 9.65. The predicted molar refractivity (Wildman–Crippen MR) is 74.8 cm³/mol. The van der Waals surface area contributed by atoms with Crippen molar-refractivity contribution >= 4 is 11.6 Å². The number of benzene rings is 1. The van der Waals surface area contributed by atoms with E-state index in [2.05, 4.69) is 5.32 Å². The number of amides is 1. The zero-order valence-electron chi connectivity index (χ0n) is 11.5. The second-order valence-corrected chi connectivity index (χ2v) is 4.79. The number of ether oxygens (including phenoxy) is 2. The molecule has 1 aliphatic heterocycles. The summed E-state index contributed by atoms with van der Waals surface area (Å²) in [5.41, 5.74) is 6.60. The van der Waals surface area contributed by atoms with Gasteiger partial charge >= 0.3 is 0 Å². The molecule has 1 heterocycles. The average Bonchev–Trinajstić information content (AvgIpc) is 2.89. The molecule has 1 aromatic carbocycles. The van der Waals surface area contributed by atoms with Crippen molar-refractivity contribution in [3.63, 3.8) is 0 Å². The number of hydrogen-bond donors (Lipinski definition) is 3. The van der Waals surface area contributed by atoms with Crippen LogP contribution in [0.4, 0.5) is 5.69 Å². The van der Waals surface area contributed by atoms with Crippen LogP contribution < -0.4 is 20.5 Å². The van der Waals surface area contributed by atoms with E-state index >= 15 is 0 Å². The van der Waals surface area contributed by atoms with Crippen molar-refractivity contribution in [3.8, 4) is 11.5 Å². The van der Waals surface area contributed by atoms with Gasteiger partial charge in [-0.1, -0.05) is 13.3 Å². The molecule has 6 nitrogen and oxygen atoms in total. The van der Waals surface area contributed by atoms with Gasteiger partial charge in [0.2, 0.25) is 6.79 Å². The monoisotopic (exact) mass is 280 g/mol. The highest BCUT2D eigenvalue weighted by atomic mass is 16.7. The lowest BCUT2D eigenvalue weighted by molar-refractivity contribution is 0.0944. The fourth-order valence-electron chi connectivity index (χ4n) is 2.12. The fourth-order valence-corrected chi connectivity index (χ4v) is 2.12. The molecule has 0 spiro atoms. The van der Waals surface area contributed by atoms with Gasteiger partial charge in [-0.3, -0.25) is 4.79 Å². The molecule has 0 saturated heterocycles. The van der Waals surface area contributed by atoms with Crippen molar-refractivity contribution in [2.45, 2.75) is 19.8 Å². The lowest BCUT2D eigenvalue weighted by Gasteiger charge is -2.15. The number of anilines is 1. The molecular formula is C14H20N2O4. The van der Waals surface area contributed by atoms with Crippen molar-refractivity contribution in [2.75, 3.05) is 25.7 Å². The van der Waals surface area contributed by atoms with Crippen LogP contribution in [0.2, 0.25) is 0 Å². The lowest BCUT2D eigenvalue weighted by atomic mass is 10.0. The van der Waals surface area contributed by atoms with Crippen LogP contribution in [0, 0.1) is 5.92 Å². The molecule has 1 aromatic rings. The number of carbonyl (C=O) groups excluding carboxylic acids is 1. The molecular weight excluding hydrogens is 260 g/mol. The molecule has 1 aliphatic rings. The van der Waals surface area contributed by atoms with E-state index in [4.69, 9.17) is 20.3 Å². The minimum absolute atomic E-state index is 0.126. The first-order valence-electron chi connectivity index (χ1n) is 6.73. The summed E-state index contributed by atoms with van der Waals surface area (Å²) in [6, 6.07) is 3.20. The van der Waals surface area contributed by atoms with Crippen LogP contribution in [-0.2, 0) is 0 Å². The molecule has 0 fully saturated rings. The highest BCUT2D eigenvalue weighted by Gasteiger charge is 2.20. The lowest BCUT2D eigenvalue weighted by Crippen LogP contribution is -2.30. The first kappa shape index (κ1) is 14.5. The van der Waals surface area contributed by atoms with E-state index in [1.54, 1.807) is 12.1 Å². The number of aliphatic hydroxyl groups excluding tert-OH is 1. The molecule has 1 unspecified atom stereocenters. The van der Waals surface area contributed by atoms with Gasteiger partial charge in [-0.2, -0.15) is 0 Å². The van der Waals surface area contributed by atoms with E-state index in [1.807, 2.05) is 6.92 Å². The van der Waals surface area contributed by atoms with Crippen LogP contribution in [-0.4, -0.2) is 31.0 Å². The maximum Gasteiger partial charge on any atom is 0.253 e. The third-order valence-electron chi connectivity index (χ3n) is 3.46. The quantitative estimate of drug-likeness (QED) is 0.679. The van der Waals surface area contributed by atoms with Gasteiger partial charge in [-0.25, -0.2) is 0 Å². The van der Waals surface area contributed by atoms with Gasteiger partial charge < -0.3 is 25.6 Å². The van der Waals surface area contributed by atoms with Crippen molar-refractivity contribution in [1.82, 2.24) is 5.32 Å². The average molecular weight is 280 g/mol. The molecule has 1 atom stereocenters. The summed E-state index contributed by atoms with van der Waals surface area (Å²) < 4.78 is 10.4. The summed E-state index contributed by atoms with van der Waals surface area (Å²) in [6.45, 7) is 2.82. The molecule has 1 amide bonds. The fraction of sp³-hybridized carbons (Fsp3) is 0.500. The third-order valence-corrected chi connectivity index (χ3v) is 3.46. The van der Waals surface area contributed by atoms with Crippen molar-refractivity contribution in [3.05, 3.63) is 17.7 Å². The molecule has 4 N–H and O–H groups in total. The summed E-state index contributed by atoms with van der Waals surface area (Å²) in [4.78, 5) is 12.1. The number of hydrogen-bond acceptors (Lipinski definition) is 5. The minimum atomic E-state index is -0.239. The highest BCUT2D eigenvalue weighted by molar-refractivity contribution is 6.00. The van der Waals surface area contributed by atoms with E-state index in [1.165, 1.54) is 0 Å². The number of fused-ring (bicyclic) bond motifs is 1. The number of nitrogen functional groups attached to an aromatic ring is 1. The second-order valence-electron chi connectivity index (χ2n) is 4.79. The topological polar surface area (TPSA) is 93.8 Å². The van der Waals surface area contributed by atoms with Crippen LogP contribution >= 0.6 is 0 Å². The summed E-state index contributed by atoms with van der Waals surface area (Å²) in [6.07, 6.45) is 1.57. The van der Waals surface area contributed by atoms with E-state index < -0.39 is 0 Å². The molecule has 2 rings (SSSR count). The Kier molecular flexibility index (Phi) is 4.68. The Morgan fingerprint density at radius 3 is 2.80 bits per heavy atom. The first-order valence-corrected chi connectivity index (χ1v) is 6.73. The molecule has 0 aromatic heterocycles. The molecule has 0 saturated carbocycles. The number of nitrogens with two attached hydrogens (primary N) is 1. The Bertz CT molecular complexity index is 490. The van der Waals surface area contributed by atoms with E-state index in [0.717, 1.165) is 6.42 Å². The van der Waals surface area contributed by atoms with Crippen LogP contribution in [0.5, 0.6) is 11.5 Å². The summed E-state index contributed by atoms with van der Waals surface area (Å²) in [5, 5.41) is 11.8. The Morgan fingerprint density at radius 1 is 1.45 bits per heavy atom. The van der Waals surface area contributed by atoms with Crippen LogP contribution in [0.1, 0.15) is 30.1 Å². The van der Waals surface area contributed by atoms with Gasteiger partial charge in [0.05, 0.1) is 5.56 Å². The maximum atomic E-state index is 12.1. The van der Waals surface area contributed by atoms with Crippen molar-refractivity contribution in [1.29, 1.82) is 0 Å². The van der Waals surface area contributed by atoms with Crippen LogP contribution in [0.3, 0.4) is 0 Å². The Morgan fingerprint density at radius 2 is 2.15 bits per heavy atom. The van der Waals surface area contributed by atoms with Gasteiger partial charge in [0, 0.05) is 24.9 Å². The third kappa shape index (κ3) is 3.14. The summed E-state index contributed by atoms with van der Waals surface area (Å²) in [5.74, 6) is 1.12. The molecule has 110 valence electrons. The number of carbonyl (C=O) groups is 1. The molecule has 0 aliphatic carbocycles. The van der Waals surface area contributed by atoms with Gasteiger partial charge in [-0.15, -0.1) is 0 Å². The van der Waals surface area contributed by atoms with Crippen LogP contribution in [0.15, 0.2) is 12.1 Å². The van der Waals surface area contributed by atoms with Gasteiger partial charge in [-0.05, 0) is 18.4 Å². The molecule has 0 radical (unpaired) electrons. The second kappa shape index (κ2) is 6.47. The van der Waals surface area contributed by atoms with E-state index in [0.29, 0.717) is 35.7 Å². The van der Waals surface area contributed by atoms with E-state index in [-0.39, 0.29) is 25.2 Å². The molecule has 0 bridgehead atoms. The smallest absolute Gasteiger partial charge is 0.253 e. The minimum Gasteiger partial charge on any atom is -0.454 e. The van der Waals surface area contributed by atoms with Gasteiger partial charge in [0.15, 0.2) is 11.5 Å². The summed E-state index contributed by atoms with van der Waals surface area (Å²) in [7, 11) is 0. The summed E-state index contributed by atoms with van der Waals surface area (Å²) >= 11 is 0. The zero-order chi connectivity index (χ0) is 14.5. The normalized spacial score (nSPS) is 14.1. The highest BCUT2D eigenvalue weighted by Crippen LogP contribution is 2.35. The number of rotatable bonds is 6. The molecule has 20 heavy (non-hydrogen) atoms. The SMILES string of the molecule is CCC(CCO)CNC(=O)c1cc2c(cc1N)OCO2. The Hall–Kier alpha value is -1.95. The number of nitrogens with one attached hydrogen (secondary N) is 1.